The largest absolute Gasteiger partial charge is 0.316 e. The lowest BCUT2D eigenvalue weighted by atomic mass is 10.0. The number of hydrogen-bond donors (Lipinski definition) is 1. The molecule has 2 rings (SSSR count). The Morgan fingerprint density at radius 3 is 3.17 bits per heavy atom. The average Bonchev–Trinajstić information content (AvgIpc) is 2.63. The van der Waals surface area contributed by atoms with Crippen molar-refractivity contribution in [3.8, 4) is 0 Å². The first-order valence-electron chi connectivity index (χ1n) is 4.28. The predicted molar refractivity (Wildman–Crippen MR) is 54.0 cm³/mol. The highest BCUT2D eigenvalue weighted by Gasteiger charge is 2.15. The fourth-order valence-corrected chi connectivity index (χ4v) is 2.82. The molecular weight excluding hydrogens is 190 g/mol. The normalized spacial score (nSPS) is 23.2. The van der Waals surface area contributed by atoms with Gasteiger partial charge >= 0.3 is 0 Å². The van der Waals surface area contributed by atoms with Gasteiger partial charge in [0.1, 0.15) is 0 Å². The third-order valence-corrected chi connectivity index (χ3v) is 3.58. The van der Waals surface area contributed by atoms with Gasteiger partial charge in [-0.3, -0.25) is 0 Å². The van der Waals surface area contributed by atoms with Gasteiger partial charge in [0.05, 0.1) is 5.02 Å². The van der Waals surface area contributed by atoms with E-state index in [0.29, 0.717) is 0 Å². The zero-order valence-electron chi connectivity index (χ0n) is 6.85. The summed E-state index contributed by atoms with van der Waals surface area (Å²) in [5.41, 5.74) is 0. The van der Waals surface area contributed by atoms with Crippen molar-refractivity contribution in [3.05, 3.63) is 21.3 Å². The molecular formula is C9H12ClNS. The van der Waals surface area contributed by atoms with Gasteiger partial charge in [-0.05, 0) is 37.9 Å². The summed E-state index contributed by atoms with van der Waals surface area (Å²) in [6, 6.07) is 2.09. The zero-order chi connectivity index (χ0) is 8.39. The van der Waals surface area contributed by atoms with Crippen LogP contribution >= 0.6 is 22.9 Å². The molecule has 1 nitrogen and oxygen atoms in total. The van der Waals surface area contributed by atoms with E-state index in [9.17, 15) is 0 Å². The minimum atomic E-state index is 0.833. The Balaban J connectivity index is 1.94. The predicted octanol–water partition coefficient (Wildman–Crippen LogP) is 2.55. The SMILES string of the molecule is Clc1csc(CC2CCNC2)c1. The van der Waals surface area contributed by atoms with Crippen molar-refractivity contribution in [2.45, 2.75) is 12.8 Å². The van der Waals surface area contributed by atoms with Crippen LogP contribution in [0.5, 0.6) is 0 Å². The monoisotopic (exact) mass is 201 g/mol. The molecule has 0 radical (unpaired) electrons. The van der Waals surface area contributed by atoms with Crippen LogP contribution < -0.4 is 5.32 Å². The van der Waals surface area contributed by atoms with Crippen LogP contribution in [0.3, 0.4) is 0 Å². The lowest BCUT2D eigenvalue weighted by Gasteiger charge is -2.04. The van der Waals surface area contributed by atoms with E-state index in [1.54, 1.807) is 11.3 Å². The second-order valence-electron chi connectivity index (χ2n) is 3.29. The van der Waals surface area contributed by atoms with Gasteiger partial charge < -0.3 is 5.32 Å². The fraction of sp³-hybridized carbons (Fsp3) is 0.556. The Morgan fingerprint density at radius 2 is 2.58 bits per heavy atom. The van der Waals surface area contributed by atoms with E-state index in [1.807, 2.05) is 5.38 Å². The van der Waals surface area contributed by atoms with E-state index in [-0.39, 0.29) is 0 Å². The number of hydrogen-bond acceptors (Lipinski definition) is 2. The molecule has 0 aliphatic carbocycles. The topological polar surface area (TPSA) is 12.0 Å². The third kappa shape index (κ3) is 2.00. The number of nitrogens with one attached hydrogen (secondary N) is 1. The van der Waals surface area contributed by atoms with E-state index in [1.165, 1.54) is 30.8 Å². The van der Waals surface area contributed by atoms with Crippen LogP contribution in [0.2, 0.25) is 5.02 Å². The first-order valence-corrected chi connectivity index (χ1v) is 5.54. The number of thiophene rings is 1. The summed E-state index contributed by atoms with van der Waals surface area (Å²) in [6.45, 7) is 2.36. The van der Waals surface area contributed by atoms with Crippen molar-refractivity contribution < 1.29 is 0 Å². The lowest BCUT2D eigenvalue weighted by molar-refractivity contribution is 0.585. The molecule has 1 aromatic heterocycles. The summed E-state index contributed by atoms with van der Waals surface area (Å²) in [6.07, 6.45) is 2.51. The van der Waals surface area contributed by atoms with E-state index < -0.39 is 0 Å². The van der Waals surface area contributed by atoms with Crippen molar-refractivity contribution in [1.29, 1.82) is 0 Å². The second-order valence-corrected chi connectivity index (χ2v) is 4.73. The zero-order valence-corrected chi connectivity index (χ0v) is 8.42. The Bertz CT molecular complexity index is 253. The molecule has 2 heterocycles. The van der Waals surface area contributed by atoms with Gasteiger partial charge in [0.25, 0.3) is 0 Å². The minimum Gasteiger partial charge on any atom is -0.316 e. The maximum atomic E-state index is 5.84. The molecule has 66 valence electrons. The van der Waals surface area contributed by atoms with Crippen molar-refractivity contribution in [3.63, 3.8) is 0 Å². The lowest BCUT2D eigenvalue weighted by Crippen LogP contribution is -2.10. The molecule has 0 bridgehead atoms. The summed E-state index contributed by atoms with van der Waals surface area (Å²) in [5, 5.41) is 6.27. The maximum Gasteiger partial charge on any atom is 0.0515 e. The second kappa shape index (κ2) is 3.77. The van der Waals surface area contributed by atoms with Crippen molar-refractivity contribution in [2.24, 2.45) is 5.92 Å². The molecule has 0 amide bonds. The van der Waals surface area contributed by atoms with Crippen LogP contribution in [0.15, 0.2) is 11.4 Å². The highest BCUT2D eigenvalue weighted by Crippen LogP contribution is 2.23. The molecule has 1 fully saturated rings. The van der Waals surface area contributed by atoms with E-state index in [2.05, 4.69) is 11.4 Å². The molecule has 1 unspecified atom stereocenters. The summed E-state index contributed by atoms with van der Waals surface area (Å²) >= 11 is 7.62. The van der Waals surface area contributed by atoms with Gasteiger partial charge in [-0.25, -0.2) is 0 Å². The van der Waals surface area contributed by atoms with Crippen molar-refractivity contribution >= 4 is 22.9 Å². The van der Waals surface area contributed by atoms with Gasteiger partial charge in [-0.1, -0.05) is 11.6 Å². The molecule has 12 heavy (non-hydrogen) atoms. The maximum absolute atomic E-state index is 5.84. The highest BCUT2D eigenvalue weighted by molar-refractivity contribution is 7.10. The molecule has 1 aliphatic rings. The Morgan fingerprint density at radius 1 is 1.67 bits per heavy atom. The van der Waals surface area contributed by atoms with Crippen molar-refractivity contribution in [2.75, 3.05) is 13.1 Å². The first-order chi connectivity index (χ1) is 5.84. The molecule has 1 saturated heterocycles. The van der Waals surface area contributed by atoms with Gasteiger partial charge in [0.2, 0.25) is 0 Å². The molecule has 3 heteroatoms. The van der Waals surface area contributed by atoms with Gasteiger partial charge in [0.15, 0.2) is 0 Å². The van der Waals surface area contributed by atoms with Crippen molar-refractivity contribution in [1.82, 2.24) is 5.32 Å². The quantitative estimate of drug-likeness (QED) is 0.776. The fourth-order valence-electron chi connectivity index (χ4n) is 1.63. The average molecular weight is 202 g/mol. The van der Waals surface area contributed by atoms with Crippen LogP contribution in [0, 0.1) is 5.92 Å². The summed E-state index contributed by atoms with van der Waals surface area (Å²) in [4.78, 5) is 1.42. The molecule has 1 atom stereocenters. The molecule has 0 spiro atoms. The summed E-state index contributed by atoms with van der Waals surface area (Å²) < 4.78 is 0. The third-order valence-electron chi connectivity index (χ3n) is 2.27. The molecule has 0 saturated carbocycles. The van der Waals surface area contributed by atoms with Crippen LogP contribution in [-0.2, 0) is 6.42 Å². The molecule has 1 aromatic rings. The van der Waals surface area contributed by atoms with Gasteiger partial charge in [-0.15, -0.1) is 11.3 Å². The smallest absolute Gasteiger partial charge is 0.0515 e. The Hall–Kier alpha value is -0.0500. The molecule has 1 N–H and O–H groups in total. The Labute approximate surface area is 81.7 Å². The highest BCUT2D eigenvalue weighted by atomic mass is 35.5. The number of rotatable bonds is 2. The summed E-state index contributed by atoms with van der Waals surface area (Å²) in [7, 11) is 0. The van der Waals surface area contributed by atoms with Crippen LogP contribution in [0.4, 0.5) is 0 Å². The number of halogens is 1. The summed E-state index contributed by atoms with van der Waals surface area (Å²) in [5.74, 6) is 0.833. The van der Waals surface area contributed by atoms with E-state index >= 15 is 0 Å². The van der Waals surface area contributed by atoms with Crippen LogP contribution in [0.1, 0.15) is 11.3 Å². The molecule has 0 aromatic carbocycles. The van der Waals surface area contributed by atoms with E-state index in [0.717, 1.165) is 10.9 Å². The standard InChI is InChI=1S/C9H12ClNS/c10-8-4-9(12-6-8)3-7-1-2-11-5-7/h4,6-7,11H,1-3,5H2. The van der Waals surface area contributed by atoms with Gasteiger partial charge in [-0.2, -0.15) is 0 Å². The Kier molecular flexibility index (Phi) is 2.69. The van der Waals surface area contributed by atoms with E-state index in [4.69, 9.17) is 11.6 Å². The van der Waals surface area contributed by atoms with Crippen LogP contribution in [0.25, 0.3) is 0 Å². The van der Waals surface area contributed by atoms with Crippen LogP contribution in [-0.4, -0.2) is 13.1 Å². The molecule has 1 aliphatic heterocycles. The van der Waals surface area contributed by atoms with Gasteiger partial charge in [0, 0.05) is 10.3 Å². The first kappa shape index (κ1) is 8.54. The minimum absolute atomic E-state index is 0.833.